The normalized spacial score (nSPS) is 14.1. The number of ether oxygens (including phenoxy) is 2. The number of carbonyl (C=O) groups is 2. The van der Waals surface area contributed by atoms with Gasteiger partial charge in [0.1, 0.15) is 19.8 Å². The van der Waals surface area contributed by atoms with Crippen LogP contribution in [0.15, 0.2) is 48.6 Å². The van der Waals surface area contributed by atoms with E-state index in [2.05, 4.69) is 62.5 Å². The topological polar surface area (TPSA) is 111 Å². The Hall–Kier alpha value is -2.03. The Balaban J connectivity index is 4.41. The van der Waals surface area contributed by atoms with Crippen LogP contribution in [0.1, 0.15) is 168 Å². The molecule has 10 heteroatoms. The van der Waals surface area contributed by atoms with Crippen LogP contribution >= 0.6 is 7.82 Å². The molecule has 1 unspecified atom stereocenters. The van der Waals surface area contributed by atoms with E-state index < -0.39 is 32.5 Å². The molecular weight excluding hydrogens is 701 g/mol. The summed E-state index contributed by atoms with van der Waals surface area (Å²) in [5, 5.41) is 0. The van der Waals surface area contributed by atoms with Crippen LogP contribution in [0.3, 0.4) is 0 Å². The molecule has 2 atom stereocenters. The number of carbonyl (C=O) groups excluding carboxylic acids is 2. The zero-order chi connectivity index (χ0) is 40.0. The number of hydrogen-bond acceptors (Lipinski definition) is 8. The third-order valence-corrected chi connectivity index (χ3v) is 9.80. The van der Waals surface area contributed by atoms with Crippen LogP contribution < -0.4 is 4.89 Å². The molecule has 0 saturated heterocycles. The highest BCUT2D eigenvalue weighted by molar-refractivity contribution is 7.45. The fourth-order valence-electron chi connectivity index (χ4n) is 5.49. The minimum atomic E-state index is -4.63. The fourth-order valence-corrected chi connectivity index (χ4v) is 6.21. The number of unbranched alkanes of at least 4 members (excludes halogenated alkanes) is 16. The van der Waals surface area contributed by atoms with E-state index in [1.54, 1.807) is 0 Å². The summed E-state index contributed by atoms with van der Waals surface area (Å²) in [6, 6.07) is 0. The zero-order valence-corrected chi connectivity index (χ0v) is 36.0. The molecule has 0 spiro atoms. The van der Waals surface area contributed by atoms with Gasteiger partial charge in [-0.2, -0.15) is 0 Å². The molecule has 9 nitrogen and oxygen atoms in total. The Kier molecular flexibility index (Phi) is 35.2. The Morgan fingerprint density at radius 3 is 1.59 bits per heavy atom. The van der Waals surface area contributed by atoms with Crippen molar-refractivity contribution in [3.63, 3.8) is 0 Å². The monoisotopic (exact) mass is 782 g/mol. The van der Waals surface area contributed by atoms with E-state index in [0.717, 1.165) is 83.5 Å². The summed E-state index contributed by atoms with van der Waals surface area (Å²) in [4.78, 5) is 37.5. The molecular formula is C44H80NO8P. The largest absolute Gasteiger partial charge is 0.756 e. The lowest BCUT2D eigenvalue weighted by molar-refractivity contribution is -0.870. The Morgan fingerprint density at radius 2 is 1.06 bits per heavy atom. The first-order valence-corrected chi connectivity index (χ1v) is 22.8. The first kappa shape index (κ1) is 52.0. The SMILES string of the molecule is CC/C=C\C/C=C\C/C=C\CCCCCCCC(=O)O[C@H](COC(=O)CCCCCCCCC/C=C\CCCCCC)COP(=O)([O-])OCC[N+](C)(C)C. The van der Waals surface area contributed by atoms with E-state index in [1.807, 2.05) is 21.1 Å². The van der Waals surface area contributed by atoms with Crippen LogP contribution in [0.5, 0.6) is 0 Å². The number of quaternary nitrogens is 1. The molecule has 314 valence electrons. The number of rotatable bonds is 38. The molecule has 0 aliphatic carbocycles. The van der Waals surface area contributed by atoms with Crippen molar-refractivity contribution in [2.75, 3.05) is 47.5 Å². The van der Waals surface area contributed by atoms with Gasteiger partial charge in [-0.25, -0.2) is 0 Å². The van der Waals surface area contributed by atoms with Gasteiger partial charge in [0.15, 0.2) is 6.10 Å². The van der Waals surface area contributed by atoms with E-state index in [0.29, 0.717) is 17.4 Å². The Bertz CT molecular complexity index is 1070. The van der Waals surface area contributed by atoms with Crippen molar-refractivity contribution in [3.05, 3.63) is 48.6 Å². The lowest BCUT2D eigenvalue weighted by Crippen LogP contribution is -2.37. The highest BCUT2D eigenvalue weighted by Gasteiger charge is 2.21. The van der Waals surface area contributed by atoms with E-state index in [-0.39, 0.29) is 26.1 Å². The van der Waals surface area contributed by atoms with E-state index >= 15 is 0 Å². The van der Waals surface area contributed by atoms with Crippen molar-refractivity contribution >= 4 is 19.8 Å². The lowest BCUT2D eigenvalue weighted by Gasteiger charge is -2.28. The van der Waals surface area contributed by atoms with Crippen LogP contribution in [-0.4, -0.2) is 70.0 Å². The zero-order valence-electron chi connectivity index (χ0n) is 35.2. The molecule has 0 radical (unpaired) electrons. The quantitative estimate of drug-likeness (QED) is 0.0200. The highest BCUT2D eigenvalue weighted by atomic mass is 31.2. The molecule has 0 saturated carbocycles. The van der Waals surface area contributed by atoms with Gasteiger partial charge in [0, 0.05) is 12.8 Å². The summed E-state index contributed by atoms with van der Waals surface area (Å²) in [5.74, 6) is -0.862. The molecule has 0 fully saturated rings. The molecule has 0 amide bonds. The van der Waals surface area contributed by atoms with Gasteiger partial charge in [0.25, 0.3) is 7.82 Å². The summed E-state index contributed by atoms with van der Waals surface area (Å²) in [6.07, 6.45) is 41.3. The summed E-state index contributed by atoms with van der Waals surface area (Å²) in [6.45, 7) is 4.07. The first-order valence-electron chi connectivity index (χ1n) is 21.3. The second kappa shape index (κ2) is 36.6. The molecule has 0 aliphatic heterocycles. The predicted molar refractivity (Wildman–Crippen MR) is 222 cm³/mol. The number of phosphoric acid groups is 1. The van der Waals surface area contributed by atoms with E-state index in [4.69, 9.17) is 18.5 Å². The average molecular weight is 782 g/mol. The number of allylic oxidation sites excluding steroid dienone is 8. The number of esters is 2. The van der Waals surface area contributed by atoms with Gasteiger partial charge in [-0.3, -0.25) is 14.2 Å². The van der Waals surface area contributed by atoms with E-state index in [1.165, 1.54) is 51.4 Å². The average Bonchev–Trinajstić information content (AvgIpc) is 3.12. The van der Waals surface area contributed by atoms with Crippen molar-refractivity contribution in [2.45, 2.75) is 174 Å². The maximum atomic E-state index is 12.6. The predicted octanol–water partition coefficient (Wildman–Crippen LogP) is 11.3. The van der Waals surface area contributed by atoms with E-state index in [9.17, 15) is 19.0 Å². The van der Waals surface area contributed by atoms with Crippen LogP contribution in [0.25, 0.3) is 0 Å². The number of hydrogen-bond donors (Lipinski definition) is 0. The molecule has 54 heavy (non-hydrogen) atoms. The molecule has 0 aromatic carbocycles. The van der Waals surface area contributed by atoms with Crippen molar-refractivity contribution in [3.8, 4) is 0 Å². The molecule has 0 bridgehead atoms. The molecule has 0 aliphatic rings. The molecule has 0 aromatic heterocycles. The lowest BCUT2D eigenvalue weighted by atomic mass is 10.1. The number of nitrogens with zero attached hydrogens (tertiary/aromatic N) is 1. The minimum absolute atomic E-state index is 0.0366. The van der Waals surface area contributed by atoms with Crippen molar-refractivity contribution in [1.82, 2.24) is 0 Å². The van der Waals surface area contributed by atoms with Crippen molar-refractivity contribution in [2.24, 2.45) is 0 Å². The second-order valence-electron chi connectivity index (χ2n) is 15.3. The summed E-state index contributed by atoms with van der Waals surface area (Å²) < 4.78 is 33.8. The van der Waals surface area contributed by atoms with Gasteiger partial charge in [-0.05, 0) is 70.6 Å². The first-order chi connectivity index (χ1) is 26.0. The smallest absolute Gasteiger partial charge is 0.306 e. The van der Waals surface area contributed by atoms with Gasteiger partial charge >= 0.3 is 11.9 Å². The van der Waals surface area contributed by atoms with Gasteiger partial charge in [0.2, 0.25) is 0 Å². The molecule has 0 rings (SSSR count). The molecule has 0 N–H and O–H groups in total. The van der Waals surface area contributed by atoms with Gasteiger partial charge in [-0.15, -0.1) is 0 Å². The van der Waals surface area contributed by atoms with Crippen LogP contribution in [0.2, 0.25) is 0 Å². The minimum Gasteiger partial charge on any atom is -0.756 e. The van der Waals surface area contributed by atoms with Crippen LogP contribution in [0, 0.1) is 0 Å². The van der Waals surface area contributed by atoms with Gasteiger partial charge in [0.05, 0.1) is 27.7 Å². The number of likely N-dealkylation sites (N-methyl/N-ethyl adjacent to an activating group) is 1. The standard InChI is InChI=1S/C44H80NO8P/c1-6-8-10-12-14-16-18-20-22-24-26-28-30-32-34-36-43(46)50-40-42(41-52-54(48,49)51-39-38-45(3,4)5)53-44(47)37-35-33-31-29-27-25-23-21-19-17-15-13-11-9-7-2/h9,11,15-18,21,23,42H,6-8,10,12-14,19-20,22,24-41H2,1-5H3/b11-9-,17-15-,18-16-,23-21-/t42-/m1/s1. The number of phosphoric ester groups is 1. The third-order valence-electron chi connectivity index (χ3n) is 8.83. The summed E-state index contributed by atoms with van der Waals surface area (Å²) >= 11 is 0. The fraction of sp³-hybridized carbons (Fsp3) is 0.773. The third kappa shape index (κ3) is 39.7. The summed E-state index contributed by atoms with van der Waals surface area (Å²) in [7, 11) is 1.14. The Morgan fingerprint density at radius 1 is 0.593 bits per heavy atom. The van der Waals surface area contributed by atoms with Crippen LogP contribution in [-0.2, 0) is 32.7 Å². The Labute approximate surface area is 331 Å². The highest BCUT2D eigenvalue weighted by Crippen LogP contribution is 2.38. The summed E-state index contributed by atoms with van der Waals surface area (Å²) in [5.41, 5.74) is 0. The molecule has 0 heterocycles. The van der Waals surface area contributed by atoms with Crippen molar-refractivity contribution < 1.29 is 42.1 Å². The van der Waals surface area contributed by atoms with Crippen LogP contribution in [0.4, 0.5) is 0 Å². The van der Waals surface area contributed by atoms with Crippen molar-refractivity contribution in [1.29, 1.82) is 0 Å². The van der Waals surface area contributed by atoms with Gasteiger partial charge in [-0.1, -0.05) is 133 Å². The molecule has 0 aromatic rings. The maximum absolute atomic E-state index is 12.6. The van der Waals surface area contributed by atoms with Gasteiger partial charge < -0.3 is 27.9 Å². The second-order valence-corrected chi connectivity index (χ2v) is 16.7. The maximum Gasteiger partial charge on any atom is 0.306 e.